The highest BCUT2D eigenvalue weighted by Gasteiger charge is 2.28. The Morgan fingerprint density at radius 1 is 1.06 bits per heavy atom. The third-order valence-electron chi connectivity index (χ3n) is 5.86. The number of aryl methyl sites for hydroxylation is 1. The Bertz CT molecular complexity index is 1130. The minimum absolute atomic E-state index is 0.0876. The van der Waals surface area contributed by atoms with Crippen molar-refractivity contribution >= 4 is 33.2 Å². The van der Waals surface area contributed by atoms with E-state index in [-0.39, 0.29) is 29.1 Å². The molecular formula is C22H25FN4O4S. The topological polar surface area (TPSA) is 90.0 Å². The molecule has 0 spiro atoms. The van der Waals surface area contributed by atoms with Crippen LogP contribution >= 0.6 is 0 Å². The number of piperazine rings is 1. The summed E-state index contributed by atoms with van der Waals surface area (Å²) in [4.78, 5) is 28.1. The van der Waals surface area contributed by atoms with Crippen molar-refractivity contribution < 1.29 is 22.4 Å². The second-order valence-electron chi connectivity index (χ2n) is 7.97. The Morgan fingerprint density at radius 3 is 2.44 bits per heavy atom. The molecule has 2 aliphatic heterocycles. The highest BCUT2D eigenvalue weighted by atomic mass is 32.2. The van der Waals surface area contributed by atoms with Crippen molar-refractivity contribution in [2.24, 2.45) is 0 Å². The fourth-order valence-electron chi connectivity index (χ4n) is 3.94. The molecule has 170 valence electrons. The summed E-state index contributed by atoms with van der Waals surface area (Å²) in [6, 6.07) is 10.8. The largest absolute Gasteiger partial charge is 0.368 e. The normalized spacial score (nSPS) is 16.7. The summed E-state index contributed by atoms with van der Waals surface area (Å²) in [5.74, 6) is -0.647. The molecule has 2 aromatic rings. The fourth-order valence-corrected chi connectivity index (χ4v) is 5.11. The van der Waals surface area contributed by atoms with Gasteiger partial charge in [0, 0.05) is 51.0 Å². The number of carbonyl (C=O) groups excluding carboxylic acids is 2. The first-order chi connectivity index (χ1) is 15.2. The van der Waals surface area contributed by atoms with E-state index in [9.17, 15) is 22.4 Å². The van der Waals surface area contributed by atoms with Gasteiger partial charge in [-0.2, -0.15) is 4.31 Å². The molecule has 32 heavy (non-hydrogen) atoms. The van der Waals surface area contributed by atoms with Gasteiger partial charge in [-0.25, -0.2) is 12.8 Å². The van der Waals surface area contributed by atoms with Crippen molar-refractivity contribution in [3.8, 4) is 0 Å². The van der Waals surface area contributed by atoms with Gasteiger partial charge in [-0.15, -0.1) is 0 Å². The molecule has 2 aromatic carbocycles. The van der Waals surface area contributed by atoms with Gasteiger partial charge in [-0.05, 0) is 54.4 Å². The van der Waals surface area contributed by atoms with Crippen molar-refractivity contribution in [2.45, 2.75) is 17.7 Å². The molecule has 10 heteroatoms. The van der Waals surface area contributed by atoms with E-state index < -0.39 is 10.0 Å². The van der Waals surface area contributed by atoms with Crippen LogP contribution in [0.1, 0.15) is 12.0 Å². The highest BCUT2D eigenvalue weighted by molar-refractivity contribution is 7.89. The first kappa shape index (κ1) is 22.2. The number of anilines is 2. The number of carbonyl (C=O) groups is 2. The summed E-state index contributed by atoms with van der Waals surface area (Å²) in [5.41, 5.74) is 2.28. The molecule has 2 heterocycles. The Hall–Kier alpha value is -2.98. The number of fused-ring (bicyclic) bond motifs is 1. The minimum atomic E-state index is -3.85. The molecule has 4 rings (SSSR count). The lowest BCUT2D eigenvalue weighted by Gasteiger charge is -2.36. The van der Waals surface area contributed by atoms with Gasteiger partial charge in [0.05, 0.1) is 11.4 Å². The predicted molar refractivity (Wildman–Crippen MR) is 118 cm³/mol. The number of likely N-dealkylation sites (N-methyl/N-ethyl adjacent to an activating group) is 1. The molecule has 1 saturated heterocycles. The molecule has 2 aliphatic rings. The van der Waals surface area contributed by atoms with Crippen molar-refractivity contribution in [3.05, 3.63) is 53.8 Å². The van der Waals surface area contributed by atoms with Crippen LogP contribution in [0, 0.1) is 5.82 Å². The highest BCUT2D eigenvalue weighted by Crippen LogP contribution is 2.26. The Labute approximate surface area is 186 Å². The van der Waals surface area contributed by atoms with Crippen LogP contribution in [0.4, 0.5) is 15.8 Å². The van der Waals surface area contributed by atoms with Crippen LogP contribution in [0.3, 0.4) is 0 Å². The van der Waals surface area contributed by atoms with Crippen LogP contribution < -0.4 is 10.2 Å². The standard InChI is InChI=1S/C22H25FN4O4S/c1-25(32(30,31)19-7-8-20-16(14-19)2-9-21(28)24-20)15-22(29)27-12-10-26(11-13-27)18-5-3-17(23)4-6-18/h3-8,14H,2,9-13,15H2,1H3,(H,24,28). The smallest absolute Gasteiger partial charge is 0.243 e. The molecule has 8 nitrogen and oxygen atoms in total. The maximum Gasteiger partial charge on any atom is 0.243 e. The number of benzene rings is 2. The third-order valence-corrected chi connectivity index (χ3v) is 7.66. The predicted octanol–water partition coefficient (Wildman–Crippen LogP) is 1.68. The van der Waals surface area contributed by atoms with E-state index in [1.807, 2.05) is 0 Å². The van der Waals surface area contributed by atoms with Crippen LogP contribution in [0.5, 0.6) is 0 Å². The summed E-state index contributed by atoms with van der Waals surface area (Å²) in [6.45, 7) is 1.84. The molecule has 0 saturated carbocycles. The molecule has 0 atom stereocenters. The van der Waals surface area contributed by atoms with E-state index in [0.717, 1.165) is 15.6 Å². The van der Waals surface area contributed by atoms with Gasteiger partial charge in [0.1, 0.15) is 5.82 Å². The molecule has 0 bridgehead atoms. The fraction of sp³-hybridized carbons (Fsp3) is 0.364. The van der Waals surface area contributed by atoms with Crippen LogP contribution in [0.15, 0.2) is 47.4 Å². The molecule has 0 unspecified atom stereocenters. The maximum atomic E-state index is 13.1. The van der Waals surface area contributed by atoms with Gasteiger partial charge in [-0.1, -0.05) is 0 Å². The van der Waals surface area contributed by atoms with E-state index >= 15 is 0 Å². The zero-order valence-corrected chi connectivity index (χ0v) is 18.6. The number of nitrogens with one attached hydrogen (secondary N) is 1. The molecule has 2 amide bonds. The van der Waals surface area contributed by atoms with E-state index in [1.165, 1.54) is 25.2 Å². The van der Waals surface area contributed by atoms with Crippen LogP contribution in [0.25, 0.3) is 0 Å². The minimum Gasteiger partial charge on any atom is -0.368 e. The molecule has 0 radical (unpaired) electrons. The lowest BCUT2D eigenvalue weighted by Crippen LogP contribution is -2.51. The molecule has 1 fully saturated rings. The van der Waals surface area contributed by atoms with Crippen molar-refractivity contribution in [3.63, 3.8) is 0 Å². The first-order valence-corrected chi connectivity index (χ1v) is 11.9. The molecule has 0 aromatic heterocycles. The van der Waals surface area contributed by atoms with Gasteiger partial charge in [0.15, 0.2) is 0 Å². The Morgan fingerprint density at radius 2 is 1.75 bits per heavy atom. The van der Waals surface area contributed by atoms with Gasteiger partial charge in [-0.3, -0.25) is 9.59 Å². The molecular weight excluding hydrogens is 435 g/mol. The number of hydrogen-bond donors (Lipinski definition) is 1. The van der Waals surface area contributed by atoms with Gasteiger partial charge >= 0.3 is 0 Å². The number of rotatable bonds is 5. The Kier molecular flexibility index (Phi) is 6.16. The quantitative estimate of drug-likeness (QED) is 0.733. The number of nitrogens with zero attached hydrogens (tertiary/aromatic N) is 3. The molecule has 1 N–H and O–H groups in total. The Balaban J connectivity index is 1.37. The average molecular weight is 461 g/mol. The summed E-state index contributed by atoms with van der Waals surface area (Å²) in [5, 5.41) is 2.73. The van der Waals surface area contributed by atoms with Gasteiger partial charge in [0.2, 0.25) is 21.8 Å². The molecule has 0 aliphatic carbocycles. The zero-order chi connectivity index (χ0) is 22.9. The van der Waals surface area contributed by atoms with Gasteiger partial charge in [0.25, 0.3) is 0 Å². The van der Waals surface area contributed by atoms with Crippen LogP contribution in [-0.2, 0) is 26.0 Å². The number of amides is 2. The lowest BCUT2D eigenvalue weighted by molar-refractivity contribution is -0.131. The van der Waals surface area contributed by atoms with E-state index in [2.05, 4.69) is 10.2 Å². The van der Waals surface area contributed by atoms with Crippen molar-refractivity contribution in [2.75, 3.05) is 50.0 Å². The summed E-state index contributed by atoms with van der Waals surface area (Å²) < 4.78 is 40.2. The number of halogens is 1. The van der Waals surface area contributed by atoms with Crippen LogP contribution in [0.2, 0.25) is 0 Å². The second-order valence-corrected chi connectivity index (χ2v) is 10.0. The average Bonchev–Trinajstić information content (AvgIpc) is 2.79. The second kappa shape index (κ2) is 8.87. The number of hydrogen-bond acceptors (Lipinski definition) is 5. The van der Waals surface area contributed by atoms with Crippen molar-refractivity contribution in [1.82, 2.24) is 9.21 Å². The maximum absolute atomic E-state index is 13.1. The van der Waals surface area contributed by atoms with Crippen LogP contribution in [-0.4, -0.2) is 69.2 Å². The summed E-state index contributed by atoms with van der Waals surface area (Å²) in [6.07, 6.45) is 0.792. The van der Waals surface area contributed by atoms with Gasteiger partial charge < -0.3 is 15.1 Å². The third kappa shape index (κ3) is 4.61. The van der Waals surface area contributed by atoms with E-state index in [4.69, 9.17) is 0 Å². The lowest BCUT2D eigenvalue weighted by atomic mass is 10.0. The monoisotopic (exact) mass is 460 g/mol. The first-order valence-electron chi connectivity index (χ1n) is 10.4. The summed E-state index contributed by atoms with van der Waals surface area (Å²) in [7, 11) is -2.46. The van der Waals surface area contributed by atoms with E-state index in [0.29, 0.717) is 44.7 Å². The zero-order valence-electron chi connectivity index (χ0n) is 17.8. The summed E-state index contributed by atoms with van der Waals surface area (Å²) >= 11 is 0. The SMILES string of the molecule is CN(CC(=O)N1CCN(c2ccc(F)cc2)CC1)S(=O)(=O)c1ccc2c(c1)CCC(=O)N2. The van der Waals surface area contributed by atoms with E-state index in [1.54, 1.807) is 29.2 Å². The van der Waals surface area contributed by atoms with Crippen molar-refractivity contribution in [1.29, 1.82) is 0 Å². The number of sulfonamides is 1.